The van der Waals surface area contributed by atoms with E-state index in [1.165, 1.54) is 0 Å². The third-order valence-electron chi connectivity index (χ3n) is 3.64. The zero-order valence-corrected chi connectivity index (χ0v) is 13.2. The number of anilines is 1. The lowest BCUT2D eigenvalue weighted by atomic mass is 10.1. The summed E-state index contributed by atoms with van der Waals surface area (Å²) >= 11 is 0. The number of hydrogen-bond acceptors (Lipinski definition) is 4. The number of nitrogens with one attached hydrogen (secondary N) is 1. The molecule has 3 aromatic rings. The van der Waals surface area contributed by atoms with E-state index in [0.29, 0.717) is 34.1 Å². The molecule has 5 nitrogen and oxygen atoms in total. The number of methoxy groups -OCH3 is 2. The van der Waals surface area contributed by atoms with Crippen LogP contribution in [-0.2, 0) is 0 Å². The number of aryl methyl sites for hydroxylation is 1. The van der Waals surface area contributed by atoms with Crippen LogP contribution in [0.4, 0.5) is 5.69 Å². The molecule has 0 saturated carbocycles. The second-order valence-corrected chi connectivity index (χ2v) is 5.05. The molecule has 118 valence electrons. The number of fused-ring (bicyclic) bond motifs is 1. The van der Waals surface area contributed by atoms with E-state index in [2.05, 4.69) is 5.32 Å². The van der Waals surface area contributed by atoms with Crippen molar-refractivity contribution in [2.24, 2.45) is 0 Å². The lowest BCUT2D eigenvalue weighted by molar-refractivity contribution is 0.102. The molecule has 1 amide bonds. The summed E-state index contributed by atoms with van der Waals surface area (Å²) < 4.78 is 16.1. The molecule has 0 spiro atoms. The van der Waals surface area contributed by atoms with Gasteiger partial charge in [0.15, 0.2) is 11.5 Å². The topological polar surface area (TPSA) is 60.7 Å². The van der Waals surface area contributed by atoms with Gasteiger partial charge >= 0.3 is 0 Å². The maximum absolute atomic E-state index is 12.6. The number of carbonyl (C=O) groups excluding carboxylic acids is 1. The SMILES string of the molecule is COc1ccc(NC(=O)c2c(C)oc3ccccc23)cc1OC. The quantitative estimate of drug-likeness (QED) is 0.791. The number of furan rings is 1. The van der Waals surface area contributed by atoms with Crippen LogP contribution in [0, 0.1) is 6.92 Å². The molecule has 0 unspecified atom stereocenters. The van der Waals surface area contributed by atoms with Crippen molar-refractivity contribution >= 4 is 22.6 Å². The van der Waals surface area contributed by atoms with Gasteiger partial charge in [-0.25, -0.2) is 0 Å². The van der Waals surface area contributed by atoms with Crippen LogP contribution in [0.5, 0.6) is 11.5 Å². The van der Waals surface area contributed by atoms with Gasteiger partial charge < -0.3 is 19.2 Å². The summed E-state index contributed by atoms with van der Waals surface area (Å²) in [4.78, 5) is 12.6. The van der Waals surface area contributed by atoms with E-state index in [1.54, 1.807) is 39.3 Å². The minimum absolute atomic E-state index is 0.223. The largest absolute Gasteiger partial charge is 0.493 e. The average Bonchev–Trinajstić information content (AvgIpc) is 2.90. The highest BCUT2D eigenvalue weighted by Gasteiger charge is 2.18. The van der Waals surface area contributed by atoms with Crippen molar-refractivity contribution < 1.29 is 18.7 Å². The van der Waals surface area contributed by atoms with Crippen molar-refractivity contribution in [3.63, 3.8) is 0 Å². The average molecular weight is 311 g/mol. The first-order valence-electron chi connectivity index (χ1n) is 7.15. The third kappa shape index (κ3) is 2.73. The number of hydrogen-bond donors (Lipinski definition) is 1. The van der Waals surface area contributed by atoms with Crippen LogP contribution < -0.4 is 14.8 Å². The van der Waals surface area contributed by atoms with Crippen LogP contribution in [0.3, 0.4) is 0 Å². The van der Waals surface area contributed by atoms with Crippen LogP contribution in [0.15, 0.2) is 46.9 Å². The van der Waals surface area contributed by atoms with Gasteiger partial charge in [-0.3, -0.25) is 4.79 Å². The van der Waals surface area contributed by atoms with Gasteiger partial charge in [0.1, 0.15) is 11.3 Å². The van der Waals surface area contributed by atoms with Crippen molar-refractivity contribution in [2.75, 3.05) is 19.5 Å². The van der Waals surface area contributed by atoms with Crippen LogP contribution in [0.1, 0.15) is 16.1 Å². The molecular formula is C18H17NO4. The van der Waals surface area contributed by atoms with Crippen molar-refractivity contribution in [1.82, 2.24) is 0 Å². The summed E-state index contributed by atoms with van der Waals surface area (Å²) in [5.74, 6) is 1.53. The molecule has 1 N–H and O–H groups in total. The smallest absolute Gasteiger partial charge is 0.259 e. The van der Waals surface area contributed by atoms with E-state index in [4.69, 9.17) is 13.9 Å². The van der Waals surface area contributed by atoms with Gasteiger partial charge in [-0.05, 0) is 25.1 Å². The summed E-state index contributed by atoms with van der Waals surface area (Å²) in [6.07, 6.45) is 0. The van der Waals surface area contributed by atoms with Gasteiger partial charge in [-0.2, -0.15) is 0 Å². The first-order chi connectivity index (χ1) is 11.1. The standard InChI is InChI=1S/C18H17NO4/c1-11-17(13-6-4-5-7-14(13)23-11)18(20)19-12-8-9-15(21-2)16(10-12)22-3/h4-10H,1-3H3,(H,19,20). The fourth-order valence-corrected chi connectivity index (χ4v) is 2.56. The number of para-hydroxylation sites is 1. The molecule has 1 heterocycles. The highest BCUT2D eigenvalue weighted by atomic mass is 16.5. The van der Waals surface area contributed by atoms with Gasteiger partial charge in [0, 0.05) is 17.1 Å². The van der Waals surface area contributed by atoms with E-state index < -0.39 is 0 Å². The Kier molecular flexibility index (Phi) is 3.93. The minimum Gasteiger partial charge on any atom is -0.493 e. The molecule has 1 aromatic heterocycles. The lowest BCUT2D eigenvalue weighted by Gasteiger charge is -2.10. The molecule has 0 radical (unpaired) electrons. The zero-order chi connectivity index (χ0) is 16.4. The Bertz CT molecular complexity index is 867. The van der Waals surface area contributed by atoms with E-state index in [-0.39, 0.29) is 5.91 Å². The second-order valence-electron chi connectivity index (χ2n) is 5.05. The monoisotopic (exact) mass is 311 g/mol. The van der Waals surface area contributed by atoms with Gasteiger partial charge in [0.2, 0.25) is 0 Å². The van der Waals surface area contributed by atoms with E-state index >= 15 is 0 Å². The first kappa shape index (κ1) is 15.0. The molecule has 0 atom stereocenters. The minimum atomic E-state index is -0.223. The maximum Gasteiger partial charge on any atom is 0.259 e. The molecule has 3 rings (SSSR count). The van der Waals surface area contributed by atoms with Crippen molar-refractivity contribution in [2.45, 2.75) is 6.92 Å². The summed E-state index contributed by atoms with van der Waals surface area (Å²) in [6, 6.07) is 12.7. The van der Waals surface area contributed by atoms with E-state index in [0.717, 1.165) is 5.39 Å². The third-order valence-corrected chi connectivity index (χ3v) is 3.64. The summed E-state index contributed by atoms with van der Waals surface area (Å²) in [5.41, 5.74) is 1.86. The van der Waals surface area contributed by atoms with Crippen molar-refractivity contribution in [3.8, 4) is 11.5 Å². The zero-order valence-electron chi connectivity index (χ0n) is 13.2. The van der Waals surface area contributed by atoms with Crippen LogP contribution in [0.25, 0.3) is 11.0 Å². The van der Waals surface area contributed by atoms with Crippen LogP contribution >= 0.6 is 0 Å². The summed E-state index contributed by atoms with van der Waals surface area (Å²) in [7, 11) is 3.12. The highest BCUT2D eigenvalue weighted by Crippen LogP contribution is 2.31. The number of benzene rings is 2. The normalized spacial score (nSPS) is 10.6. The predicted molar refractivity (Wildman–Crippen MR) is 88.5 cm³/mol. The van der Waals surface area contributed by atoms with Gasteiger partial charge in [0.25, 0.3) is 5.91 Å². The van der Waals surface area contributed by atoms with Crippen LogP contribution in [0.2, 0.25) is 0 Å². The van der Waals surface area contributed by atoms with Gasteiger partial charge in [0.05, 0.1) is 19.8 Å². The van der Waals surface area contributed by atoms with Crippen molar-refractivity contribution in [3.05, 3.63) is 53.8 Å². The molecule has 2 aromatic carbocycles. The predicted octanol–water partition coefficient (Wildman–Crippen LogP) is 4.01. The molecule has 0 fully saturated rings. The first-order valence-corrected chi connectivity index (χ1v) is 7.15. The number of amides is 1. The number of ether oxygens (including phenoxy) is 2. The molecule has 0 saturated heterocycles. The molecule has 0 aliphatic carbocycles. The Morgan fingerprint density at radius 2 is 1.78 bits per heavy atom. The van der Waals surface area contributed by atoms with Crippen LogP contribution in [-0.4, -0.2) is 20.1 Å². The Balaban J connectivity index is 1.93. The fraction of sp³-hybridized carbons (Fsp3) is 0.167. The molecule has 5 heteroatoms. The van der Waals surface area contributed by atoms with E-state index in [9.17, 15) is 4.79 Å². The molecule has 0 aliphatic rings. The molecule has 0 bridgehead atoms. The molecule has 23 heavy (non-hydrogen) atoms. The summed E-state index contributed by atoms with van der Waals surface area (Å²) in [5, 5.41) is 3.66. The highest BCUT2D eigenvalue weighted by molar-refractivity contribution is 6.13. The second kappa shape index (κ2) is 6.04. The Morgan fingerprint density at radius 1 is 1.04 bits per heavy atom. The number of rotatable bonds is 4. The lowest BCUT2D eigenvalue weighted by Crippen LogP contribution is -2.12. The molecular weight excluding hydrogens is 294 g/mol. The number of carbonyl (C=O) groups is 1. The van der Waals surface area contributed by atoms with Gasteiger partial charge in [-0.15, -0.1) is 0 Å². The Labute approximate surface area is 133 Å². The van der Waals surface area contributed by atoms with Gasteiger partial charge in [-0.1, -0.05) is 18.2 Å². The van der Waals surface area contributed by atoms with Crippen molar-refractivity contribution in [1.29, 1.82) is 0 Å². The molecule has 0 aliphatic heterocycles. The maximum atomic E-state index is 12.6. The Morgan fingerprint density at radius 3 is 2.52 bits per heavy atom. The summed E-state index contributed by atoms with van der Waals surface area (Å²) in [6.45, 7) is 1.78. The fourth-order valence-electron chi connectivity index (χ4n) is 2.56. The van der Waals surface area contributed by atoms with E-state index in [1.807, 2.05) is 24.3 Å². The Hall–Kier alpha value is -2.95.